The van der Waals surface area contributed by atoms with Crippen molar-refractivity contribution in [3.63, 3.8) is 0 Å². The van der Waals surface area contributed by atoms with E-state index >= 15 is 0 Å². The Hall–Kier alpha value is -3.55. The number of amides is 3. The number of carbonyl (C=O) groups excluding carboxylic acids is 3. The van der Waals surface area contributed by atoms with E-state index in [2.05, 4.69) is 5.32 Å². The van der Waals surface area contributed by atoms with E-state index in [0.29, 0.717) is 48.8 Å². The third-order valence-corrected chi connectivity index (χ3v) is 4.95. The highest BCUT2D eigenvalue weighted by atomic mass is 16.5. The Morgan fingerprint density at radius 3 is 1.97 bits per heavy atom. The average Bonchev–Trinajstić information content (AvgIpc) is 2.82. The second-order valence-corrected chi connectivity index (χ2v) is 6.82. The predicted octanol–water partition coefficient (Wildman–Crippen LogP) is 1.42. The van der Waals surface area contributed by atoms with E-state index in [0.717, 1.165) is 0 Å². The lowest BCUT2D eigenvalue weighted by molar-refractivity contribution is -0.131. The van der Waals surface area contributed by atoms with Gasteiger partial charge in [-0.15, -0.1) is 0 Å². The molecule has 1 aliphatic rings. The molecule has 0 atom stereocenters. The van der Waals surface area contributed by atoms with Crippen LogP contribution in [0.3, 0.4) is 0 Å². The van der Waals surface area contributed by atoms with Crippen molar-refractivity contribution in [1.29, 1.82) is 0 Å². The Morgan fingerprint density at radius 1 is 0.833 bits per heavy atom. The summed E-state index contributed by atoms with van der Waals surface area (Å²) < 4.78 is 10.3. The molecule has 1 saturated heterocycles. The van der Waals surface area contributed by atoms with Gasteiger partial charge in [-0.2, -0.15) is 0 Å². The minimum Gasteiger partial charge on any atom is -0.497 e. The van der Waals surface area contributed by atoms with E-state index in [9.17, 15) is 14.4 Å². The molecule has 0 saturated carbocycles. The lowest BCUT2D eigenvalue weighted by atomic mass is 10.1. The van der Waals surface area contributed by atoms with Gasteiger partial charge in [0, 0.05) is 43.4 Å². The molecule has 8 nitrogen and oxygen atoms in total. The molecule has 0 radical (unpaired) electrons. The number of rotatable bonds is 6. The first-order valence-corrected chi connectivity index (χ1v) is 9.65. The third-order valence-electron chi connectivity index (χ3n) is 4.95. The highest BCUT2D eigenvalue weighted by Gasteiger charge is 2.25. The zero-order valence-corrected chi connectivity index (χ0v) is 17.1. The molecule has 0 unspecified atom stereocenters. The van der Waals surface area contributed by atoms with Gasteiger partial charge in [-0.05, 0) is 24.3 Å². The van der Waals surface area contributed by atoms with Gasteiger partial charge in [0.25, 0.3) is 11.8 Å². The van der Waals surface area contributed by atoms with Crippen LogP contribution in [0, 0.1) is 0 Å². The highest BCUT2D eigenvalue weighted by molar-refractivity contribution is 5.97. The summed E-state index contributed by atoms with van der Waals surface area (Å²) >= 11 is 0. The smallest absolute Gasteiger partial charge is 0.253 e. The quantitative estimate of drug-likeness (QED) is 0.777. The summed E-state index contributed by atoms with van der Waals surface area (Å²) in [5.41, 5.74) is 0.982. The topological polar surface area (TPSA) is 88.2 Å². The van der Waals surface area contributed by atoms with E-state index in [1.54, 1.807) is 40.1 Å². The van der Waals surface area contributed by atoms with Crippen molar-refractivity contribution in [3.05, 3.63) is 59.7 Å². The van der Waals surface area contributed by atoms with Crippen LogP contribution in [0.25, 0.3) is 0 Å². The van der Waals surface area contributed by atoms with Crippen molar-refractivity contribution >= 4 is 17.7 Å². The first-order chi connectivity index (χ1) is 14.5. The fraction of sp³-hybridized carbons (Fsp3) is 0.318. The number of hydrogen-bond donors (Lipinski definition) is 1. The zero-order valence-electron chi connectivity index (χ0n) is 17.1. The Labute approximate surface area is 175 Å². The first-order valence-electron chi connectivity index (χ1n) is 9.65. The van der Waals surface area contributed by atoms with Gasteiger partial charge >= 0.3 is 0 Å². The standard InChI is InChI=1S/C22H25N3O5/c1-29-18-12-17(13-19(14-18)30-2)21(27)23-15-20(26)24-8-10-25(11-9-24)22(28)16-6-4-3-5-7-16/h3-7,12-14H,8-11,15H2,1-2H3,(H,23,27). The van der Waals surface area contributed by atoms with E-state index in [4.69, 9.17) is 9.47 Å². The van der Waals surface area contributed by atoms with Crippen molar-refractivity contribution in [2.45, 2.75) is 0 Å². The number of methoxy groups -OCH3 is 2. The molecule has 3 rings (SSSR count). The molecule has 0 aromatic heterocycles. The number of ether oxygens (including phenoxy) is 2. The van der Waals surface area contributed by atoms with Crippen molar-refractivity contribution < 1.29 is 23.9 Å². The summed E-state index contributed by atoms with van der Waals surface area (Å²) in [7, 11) is 3.00. The largest absolute Gasteiger partial charge is 0.497 e. The maximum absolute atomic E-state index is 12.5. The molecule has 2 aromatic carbocycles. The molecule has 30 heavy (non-hydrogen) atoms. The number of piperazine rings is 1. The van der Waals surface area contributed by atoms with E-state index < -0.39 is 5.91 Å². The molecular formula is C22H25N3O5. The average molecular weight is 411 g/mol. The SMILES string of the molecule is COc1cc(OC)cc(C(=O)NCC(=O)N2CCN(C(=O)c3ccccc3)CC2)c1. The Bertz CT molecular complexity index is 886. The van der Waals surface area contributed by atoms with Crippen LogP contribution in [0.4, 0.5) is 0 Å². The fourth-order valence-corrected chi connectivity index (χ4v) is 3.23. The Morgan fingerprint density at radius 2 is 1.40 bits per heavy atom. The van der Waals surface area contributed by atoms with Gasteiger partial charge in [-0.1, -0.05) is 18.2 Å². The van der Waals surface area contributed by atoms with Crippen LogP contribution in [0.2, 0.25) is 0 Å². The molecule has 2 aromatic rings. The minimum absolute atomic E-state index is 0.0389. The van der Waals surface area contributed by atoms with Crippen molar-refractivity contribution in [2.75, 3.05) is 46.9 Å². The second kappa shape index (κ2) is 9.78. The summed E-state index contributed by atoms with van der Waals surface area (Å²) in [6.07, 6.45) is 0. The van der Waals surface area contributed by atoms with E-state index in [1.807, 2.05) is 18.2 Å². The van der Waals surface area contributed by atoms with Gasteiger partial charge in [0.15, 0.2) is 0 Å². The van der Waals surface area contributed by atoms with Gasteiger partial charge in [0.05, 0.1) is 20.8 Å². The lowest BCUT2D eigenvalue weighted by Crippen LogP contribution is -2.52. The summed E-state index contributed by atoms with van der Waals surface area (Å²) in [5, 5.41) is 2.64. The van der Waals surface area contributed by atoms with Gasteiger partial charge in [-0.25, -0.2) is 0 Å². The molecule has 158 valence electrons. The number of benzene rings is 2. The summed E-state index contributed by atoms with van der Waals surface area (Å²) in [6, 6.07) is 13.9. The Kier molecular flexibility index (Phi) is 6.90. The number of nitrogens with one attached hydrogen (secondary N) is 1. The molecule has 0 bridgehead atoms. The van der Waals surface area contributed by atoms with Crippen LogP contribution in [0.15, 0.2) is 48.5 Å². The van der Waals surface area contributed by atoms with Gasteiger partial charge in [-0.3, -0.25) is 14.4 Å². The summed E-state index contributed by atoms with van der Waals surface area (Å²) in [6.45, 7) is 1.66. The van der Waals surface area contributed by atoms with Gasteiger partial charge in [0.2, 0.25) is 5.91 Å². The van der Waals surface area contributed by atoms with Gasteiger partial charge in [0.1, 0.15) is 11.5 Å². The van der Waals surface area contributed by atoms with Crippen LogP contribution < -0.4 is 14.8 Å². The first kappa shape index (κ1) is 21.2. The van der Waals surface area contributed by atoms with E-state index in [-0.39, 0.29) is 18.4 Å². The number of hydrogen-bond acceptors (Lipinski definition) is 5. The number of carbonyl (C=O) groups is 3. The van der Waals surface area contributed by atoms with Crippen LogP contribution in [0.1, 0.15) is 20.7 Å². The molecule has 1 aliphatic heterocycles. The maximum Gasteiger partial charge on any atom is 0.253 e. The molecule has 1 N–H and O–H groups in total. The molecule has 1 heterocycles. The predicted molar refractivity (Wildman–Crippen MR) is 111 cm³/mol. The van der Waals surface area contributed by atoms with Crippen LogP contribution in [-0.2, 0) is 4.79 Å². The highest BCUT2D eigenvalue weighted by Crippen LogP contribution is 2.22. The monoisotopic (exact) mass is 411 g/mol. The normalized spacial score (nSPS) is 13.5. The van der Waals surface area contributed by atoms with Gasteiger partial charge < -0.3 is 24.6 Å². The zero-order chi connectivity index (χ0) is 21.5. The summed E-state index contributed by atoms with van der Waals surface area (Å²) in [5.74, 6) is 0.362. The van der Waals surface area contributed by atoms with Crippen LogP contribution in [-0.4, -0.2) is 74.5 Å². The maximum atomic E-state index is 12.5. The number of nitrogens with zero attached hydrogens (tertiary/aromatic N) is 2. The molecule has 0 spiro atoms. The van der Waals surface area contributed by atoms with Crippen molar-refractivity contribution in [2.24, 2.45) is 0 Å². The molecule has 0 aliphatic carbocycles. The van der Waals surface area contributed by atoms with Crippen LogP contribution in [0.5, 0.6) is 11.5 Å². The van der Waals surface area contributed by atoms with Crippen molar-refractivity contribution in [3.8, 4) is 11.5 Å². The van der Waals surface area contributed by atoms with Crippen molar-refractivity contribution in [1.82, 2.24) is 15.1 Å². The second-order valence-electron chi connectivity index (χ2n) is 6.82. The minimum atomic E-state index is -0.390. The fourth-order valence-electron chi connectivity index (χ4n) is 3.23. The molecular weight excluding hydrogens is 386 g/mol. The molecule has 8 heteroatoms. The third kappa shape index (κ3) is 5.08. The summed E-state index contributed by atoms with van der Waals surface area (Å²) in [4.78, 5) is 40.8. The van der Waals surface area contributed by atoms with E-state index in [1.165, 1.54) is 14.2 Å². The molecule has 3 amide bonds. The Balaban J connectivity index is 1.50. The molecule has 1 fully saturated rings. The lowest BCUT2D eigenvalue weighted by Gasteiger charge is -2.34. The van der Waals surface area contributed by atoms with Crippen LogP contribution >= 0.6 is 0 Å².